The minimum absolute atomic E-state index is 0.0116. The molecule has 0 unspecified atom stereocenters. The number of anilines is 1. The van der Waals surface area contributed by atoms with Crippen LogP contribution < -0.4 is 10.6 Å². The molecule has 0 fully saturated rings. The predicted molar refractivity (Wildman–Crippen MR) is 149 cm³/mol. The van der Waals surface area contributed by atoms with Crippen molar-refractivity contribution in [2.24, 2.45) is 0 Å². The number of rotatable bonds is 8. The zero-order chi connectivity index (χ0) is 26.2. The maximum absolute atomic E-state index is 14.0. The van der Waals surface area contributed by atoms with Gasteiger partial charge in [-0.2, -0.15) is 0 Å². The highest BCUT2D eigenvalue weighted by atomic mass is 35.5. The van der Waals surface area contributed by atoms with E-state index in [1.54, 1.807) is 84.9 Å². The number of halogens is 3. The number of carbonyl (C=O) groups is 2. The summed E-state index contributed by atoms with van der Waals surface area (Å²) in [6.45, 7) is 0. The SMILES string of the molecule is O=C(Nc1cccc(SCc2ccccc2F)c1)/C(=C\c1cccc(Cl)c1Cl)NC(=O)c1ccccc1. The smallest absolute Gasteiger partial charge is 0.272 e. The van der Waals surface area contributed by atoms with E-state index in [1.165, 1.54) is 23.9 Å². The Bertz CT molecular complexity index is 1460. The standard InChI is InChI=1S/C29H21Cl2FN2O2S/c30-24-14-6-11-20(27(24)31)16-26(34-28(35)19-8-2-1-3-9-19)29(36)33-22-12-7-13-23(17-22)37-18-21-10-4-5-15-25(21)32/h1-17H,18H2,(H,33,36)(H,34,35)/b26-16+. The second kappa shape index (κ2) is 12.6. The van der Waals surface area contributed by atoms with Gasteiger partial charge in [0.1, 0.15) is 11.5 Å². The summed E-state index contributed by atoms with van der Waals surface area (Å²) in [4.78, 5) is 27.0. The summed E-state index contributed by atoms with van der Waals surface area (Å²) in [5.74, 6) is -0.815. The summed E-state index contributed by atoms with van der Waals surface area (Å²) in [5.41, 5.74) is 1.96. The third kappa shape index (κ3) is 7.23. The monoisotopic (exact) mass is 550 g/mol. The average molecular weight is 551 g/mol. The van der Waals surface area contributed by atoms with Crippen molar-refractivity contribution >= 4 is 58.5 Å². The molecule has 0 heterocycles. The first-order chi connectivity index (χ1) is 17.9. The molecule has 0 aliphatic rings. The van der Waals surface area contributed by atoms with E-state index in [-0.39, 0.29) is 16.5 Å². The molecular formula is C29H21Cl2FN2O2S. The molecule has 8 heteroatoms. The van der Waals surface area contributed by atoms with Crippen molar-refractivity contribution < 1.29 is 14.0 Å². The highest BCUT2D eigenvalue weighted by molar-refractivity contribution is 7.98. The van der Waals surface area contributed by atoms with Gasteiger partial charge >= 0.3 is 0 Å². The number of hydrogen-bond acceptors (Lipinski definition) is 3. The van der Waals surface area contributed by atoms with Crippen molar-refractivity contribution in [1.29, 1.82) is 0 Å². The Hall–Kier alpha value is -3.58. The van der Waals surface area contributed by atoms with Crippen LogP contribution in [-0.2, 0) is 10.5 Å². The van der Waals surface area contributed by atoms with Gasteiger partial charge in [-0.1, -0.05) is 77.8 Å². The molecule has 0 radical (unpaired) electrons. The van der Waals surface area contributed by atoms with Crippen LogP contribution in [0, 0.1) is 5.82 Å². The average Bonchev–Trinajstić information content (AvgIpc) is 2.91. The zero-order valence-electron chi connectivity index (χ0n) is 19.4. The molecule has 2 amide bonds. The highest BCUT2D eigenvalue weighted by Gasteiger charge is 2.16. The number of thioether (sulfide) groups is 1. The number of nitrogens with one attached hydrogen (secondary N) is 2. The quantitative estimate of drug-likeness (QED) is 0.173. The lowest BCUT2D eigenvalue weighted by Gasteiger charge is -2.13. The molecule has 4 rings (SSSR count). The van der Waals surface area contributed by atoms with Gasteiger partial charge in [-0.05, 0) is 59.7 Å². The molecule has 0 saturated carbocycles. The van der Waals surface area contributed by atoms with E-state index in [4.69, 9.17) is 23.2 Å². The van der Waals surface area contributed by atoms with Gasteiger partial charge in [0.15, 0.2) is 0 Å². The molecule has 4 aromatic rings. The lowest BCUT2D eigenvalue weighted by Crippen LogP contribution is -2.30. The summed E-state index contributed by atoms with van der Waals surface area (Å²) in [6, 6.07) is 27.4. The molecule has 0 aliphatic carbocycles. The fourth-order valence-electron chi connectivity index (χ4n) is 3.37. The van der Waals surface area contributed by atoms with Crippen molar-refractivity contribution in [3.05, 3.63) is 135 Å². The van der Waals surface area contributed by atoms with Crippen LogP contribution in [0.25, 0.3) is 6.08 Å². The first kappa shape index (κ1) is 26.5. The number of carbonyl (C=O) groups excluding carboxylic acids is 2. The summed E-state index contributed by atoms with van der Waals surface area (Å²) >= 11 is 13.9. The second-order valence-corrected chi connectivity index (χ2v) is 9.72. The van der Waals surface area contributed by atoms with Crippen LogP contribution in [0.15, 0.2) is 108 Å². The molecule has 0 aromatic heterocycles. The first-order valence-electron chi connectivity index (χ1n) is 11.2. The summed E-state index contributed by atoms with van der Waals surface area (Å²) in [5, 5.41) is 6.08. The van der Waals surface area contributed by atoms with Gasteiger partial charge in [-0.25, -0.2) is 4.39 Å². The molecule has 0 bridgehead atoms. The predicted octanol–water partition coefficient (Wildman–Crippen LogP) is 7.83. The molecule has 0 saturated heterocycles. The molecule has 4 aromatic carbocycles. The topological polar surface area (TPSA) is 58.2 Å². The Balaban J connectivity index is 1.55. The second-order valence-electron chi connectivity index (χ2n) is 7.88. The van der Waals surface area contributed by atoms with Crippen LogP contribution in [0.1, 0.15) is 21.5 Å². The van der Waals surface area contributed by atoms with Crippen molar-refractivity contribution in [1.82, 2.24) is 5.32 Å². The fourth-order valence-corrected chi connectivity index (χ4v) is 4.67. The van der Waals surface area contributed by atoms with Crippen LogP contribution >= 0.6 is 35.0 Å². The third-order valence-electron chi connectivity index (χ3n) is 5.25. The van der Waals surface area contributed by atoms with Crippen molar-refractivity contribution in [3.63, 3.8) is 0 Å². The molecule has 37 heavy (non-hydrogen) atoms. The normalized spacial score (nSPS) is 11.2. The van der Waals surface area contributed by atoms with Gasteiger partial charge in [-0.15, -0.1) is 11.8 Å². The van der Waals surface area contributed by atoms with Crippen LogP contribution in [0.5, 0.6) is 0 Å². The van der Waals surface area contributed by atoms with E-state index in [1.807, 2.05) is 6.07 Å². The van der Waals surface area contributed by atoms with Crippen molar-refractivity contribution in [2.45, 2.75) is 10.6 Å². The fraction of sp³-hybridized carbons (Fsp3) is 0.0345. The van der Waals surface area contributed by atoms with Crippen LogP contribution in [0.4, 0.5) is 10.1 Å². The van der Waals surface area contributed by atoms with E-state index >= 15 is 0 Å². The minimum atomic E-state index is -0.545. The van der Waals surface area contributed by atoms with Gasteiger partial charge in [0.05, 0.1) is 10.0 Å². The first-order valence-corrected chi connectivity index (χ1v) is 12.9. The summed E-state index contributed by atoms with van der Waals surface area (Å²) in [6.07, 6.45) is 1.47. The van der Waals surface area contributed by atoms with Gasteiger partial charge in [-0.3, -0.25) is 9.59 Å². The zero-order valence-corrected chi connectivity index (χ0v) is 21.7. The lowest BCUT2D eigenvalue weighted by molar-refractivity contribution is -0.113. The van der Waals surface area contributed by atoms with E-state index in [0.717, 1.165) is 4.90 Å². The van der Waals surface area contributed by atoms with Gasteiger partial charge < -0.3 is 10.6 Å². The van der Waals surface area contributed by atoms with E-state index < -0.39 is 11.8 Å². The number of amides is 2. The Morgan fingerprint density at radius 1 is 0.865 bits per heavy atom. The largest absolute Gasteiger partial charge is 0.321 e. The third-order valence-corrected chi connectivity index (χ3v) is 7.13. The molecule has 186 valence electrons. The highest BCUT2D eigenvalue weighted by Crippen LogP contribution is 2.28. The van der Waals surface area contributed by atoms with Crippen LogP contribution in [-0.4, -0.2) is 11.8 Å². The van der Waals surface area contributed by atoms with E-state index in [2.05, 4.69) is 10.6 Å². The molecular weight excluding hydrogens is 530 g/mol. The Labute approximate surface area is 228 Å². The minimum Gasteiger partial charge on any atom is -0.321 e. The number of benzene rings is 4. The molecule has 0 atom stereocenters. The summed E-state index contributed by atoms with van der Waals surface area (Å²) < 4.78 is 14.0. The van der Waals surface area contributed by atoms with E-state index in [9.17, 15) is 14.0 Å². The lowest BCUT2D eigenvalue weighted by atomic mass is 10.1. The molecule has 4 nitrogen and oxygen atoms in total. The van der Waals surface area contributed by atoms with Gasteiger partial charge in [0.2, 0.25) is 0 Å². The van der Waals surface area contributed by atoms with Crippen molar-refractivity contribution in [3.8, 4) is 0 Å². The summed E-state index contributed by atoms with van der Waals surface area (Å²) in [7, 11) is 0. The number of hydrogen-bond donors (Lipinski definition) is 2. The Kier molecular flexibility index (Phi) is 9.01. The van der Waals surface area contributed by atoms with Gasteiger partial charge in [0, 0.05) is 21.9 Å². The Morgan fingerprint density at radius 2 is 1.59 bits per heavy atom. The van der Waals surface area contributed by atoms with Gasteiger partial charge in [0.25, 0.3) is 11.8 Å². The Morgan fingerprint density at radius 3 is 2.38 bits per heavy atom. The molecule has 0 spiro atoms. The van der Waals surface area contributed by atoms with Crippen molar-refractivity contribution in [2.75, 3.05) is 5.32 Å². The maximum atomic E-state index is 14.0. The maximum Gasteiger partial charge on any atom is 0.272 e. The van der Waals surface area contributed by atoms with Crippen LogP contribution in [0.3, 0.4) is 0 Å². The molecule has 0 aliphatic heterocycles. The van der Waals surface area contributed by atoms with Crippen LogP contribution in [0.2, 0.25) is 10.0 Å². The van der Waals surface area contributed by atoms with E-state index in [0.29, 0.717) is 33.2 Å². The molecule has 2 N–H and O–H groups in total.